The van der Waals surface area contributed by atoms with Gasteiger partial charge in [0.05, 0.1) is 11.9 Å². The quantitative estimate of drug-likeness (QED) is 0.121. The maximum absolute atomic E-state index is 15.3. The second-order valence-corrected chi connectivity index (χ2v) is 14.0. The highest BCUT2D eigenvalue weighted by Crippen LogP contribution is 2.33. The molecule has 0 spiro atoms. The second-order valence-electron chi connectivity index (χ2n) is 14.0. The van der Waals surface area contributed by atoms with Crippen LogP contribution in [-0.4, -0.2) is 78.9 Å². The number of carbonyl (C=O) groups is 3. The first-order valence-corrected chi connectivity index (χ1v) is 18.1. The molecule has 0 bridgehead atoms. The minimum absolute atomic E-state index is 0.0353. The van der Waals surface area contributed by atoms with Crippen LogP contribution in [0.25, 0.3) is 16.9 Å². The van der Waals surface area contributed by atoms with Gasteiger partial charge in [0.1, 0.15) is 5.60 Å². The summed E-state index contributed by atoms with van der Waals surface area (Å²) in [6.45, 7) is 9.13. The average molecular weight is 756 g/mol. The van der Waals surface area contributed by atoms with Crippen LogP contribution in [0.3, 0.4) is 0 Å². The monoisotopic (exact) mass is 755 g/mol. The molecule has 0 atom stereocenters. The van der Waals surface area contributed by atoms with Gasteiger partial charge < -0.3 is 30.3 Å². The van der Waals surface area contributed by atoms with Gasteiger partial charge in [-0.2, -0.15) is 4.39 Å². The first kappa shape index (κ1) is 38.5. The summed E-state index contributed by atoms with van der Waals surface area (Å²) in [6.07, 6.45) is 9.29. The van der Waals surface area contributed by atoms with Crippen molar-refractivity contribution in [1.82, 2.24) is 39.9 Å². The van der Waals surface area contributed by atoms with Gasteiger partial charge in [-0.1, -0.05) is 6.92 Å². The molecule has 4 heterocycles. The Morgan fingerprint density at radius 1 is 0.927 bits per heavy atom. The van der Waals surface area contributed by atoms with E-state index in [-0.39, 0.29) is 41.1 Å². The second kappa shape index (κ2) is 16.9. The Morgan fingerprint density at radius 3 is 2.40 bits per heavy atom. The summed E-state index contributed by atoms with van der Waals surface area (Å²) >= 11 is 0. The van der Waals surface area contributed by atoms with Crippen molar-refractivity contribution in [3.63, 3.8) is 0 Å². The predicted molar refractivity (Wildman–Crippen MR) is 200 cm³/mol. The number of fused-ring (bicyclic) bond motifs is 1. The molecule has 2 aromatic carbocycles. The number of likely N-dealkylation sites (tertiary alicyclic amines) is 1. The third-order valence-electron chi connectivity index (χ3n) is 8.94. The number of nitrogens with one attached hydrogen (secondary N) is 3. The Balaban J connectivity index is 1.02. The molecular weight excluding hydrogens is 712 g/mol. The Bertz CT molecular complexity index is 2170. The lowest BCUT2D eigenvalue weighted by Gasteiger charge is -2.32. The van der Waals surface area contributed by atoms with Crippen LogP contribution in [0.1, 0.15) is 62.9 Å². The van der Waals surface area contributed by atoms with E-state index in [0.29, 0.717) is 80.3 Å². The third-order valence-corrected chi connectivity index (χ3v) is 8.94. The molecule has 3 amide bonds. The number of piperidine rings is 1. The van der Waals surface area contributed by atoms with Crippen molar-refractivity contribution in [2.75, 3.05) is 31.5 Å². The maximum Gasteiger partial charge on any atom is 0.410 e. The van der Waals surface area contributed by atoms with Gasteiger partial charge in [-0.05, 0) is 88.4 Å². The van der Waals surface area contributed by atoms with Crippen molar-refractivity contribution in [3.8, 4) is 23.0 Å². The van der Waals surface area contributed by atoms with Crippen LogP contribution in [0.2, 0.25) is 0 Å². The number of benzene rings is 2. The molecule has 1 fully saturated rings. The number of nitrogens with zero attached hydrogens (tertiary/aromatic N) is 6. The Morgan fingerprint density at radius 2 is 1.67 bits per heavy atom. The van der Waals surface area contributed by atoms with Gasteiger partial charge in [0.15, 0.2) is 23.0 Å². The standard InChI is InChI=1S/C39H43F2N9O5/c1-5-24-22-26(8-9-27(24)36(52)44-15-6-14-43-35(51)25-12-19-49(20-13-25)38(53)55-39(2,3)4)48-33-34-47-23-29(50(34)21-18-42-33)28-10-11-30(32(41)31(28)40)54-37-45-16-7-17-46-37/h7-11,16-18,21-23,25H,5-6,12-15,19-20H2,1-4H3,(H,42,48)(H,43,51)(H,44,52). The van der Waals surface area contributed by atoms with Crippen LogP contribution in [0, 0.1) is 17.6 Å². The van der Waals surface area contributed by atoms with E-state index in [1.165, 1.54) is 36.9 Å². The van der Waals surface area contributed by atoms with E-state index < -0.39 is 17.2 Å². The number of hydrogen-bond donors (Lipinski definition) is 3. The van der Waals surface area contributed by atoms with E-state index in [1.54, 1.807) is 33.7 Å². The van der Waals surface area contributed by atoms with Gasteiger partial charge in [0.2, 0.25) is 11.7 Å². The number of ether oxygens (including phenoxy) is 2. The molecule has 3 N–H and O–H groups in total. The zero-order valence-electron chi connectivity index (χ0n) is 31.1. The fourth-order valence-corrected chi connectivity index (χ4v) is 6.17. The highest BCUT2D eigenvalue weighted by molar-refractivity contribution is 5.96. The van der Waals surface area contributed by atoms with Crippen molar-refractivity contribution >= 4 is 35.1 Å². The molecule has 0 saturated carbocycles. The third kappa shape index (κ3) is 9.31. The summed E-state index contributed by atoms with van der Waals surface area (Å²) in [6, 6.07) is 9.47. The summed E-state index contributed by atoms with van der Waals surface area (Å²) < 4.78 is 42.7. The van der Waals surface area contributed by atoms with Crippen molar-refractivity contribution in [2.24, 2.45) is 5.92 Å². The Labute approximate surface area is 316 Å². The number of carbonyl (C=O) groups excluding carboxylic acids is 3. The molecule has 3 aromatic heterocycles. The molecule has 55 heavy (non-hydrogen) atoms. The van der Waals surface area contributed by atoms with Gasteiger partial charge in [-0.25, -0.2) is 29.1 Å². The number of rotatable bonds is 12. The molecule has 0 aliphatic carbocycles. The fourth-order valence-electron chi connectivity index (χ4n) is 6.17. The number of imidazole rings is 1. The van der Waals surface area contributed by atoms with Gasteiger partial charge in [-0.15, -0.1) is 0 Å². The van der Waals surface area contributed by atoms with E-state index in [9.17, 15) is 14.4 Å². The van der Waals surface area contributed by atoms with Crippen LogP contribution < -0.4 is 20.7 Å². The Kier molecular flexibility index (Phi) is 11.8. The number of halogens is 2. The molecule has 288 valence electrons. The largest absolute Gasteiger partial charge is 0.444 e. The minimum atomic E-state index is -1.19. The molecule has 6 rings (SSSR count). The van der Waals surface area contributed by atoms with Crippen LogP contribution in [0.4, 0.5) is 25.1 Å². The Hall–Kier alpha value is -6.19. The van der Waals surface area contributed by atoms with E-state index in [4.69, 9.17) is 9.47 Å². The highest BCUT2D eigenvalue weighted by Gasteiger charge is 2.30. The lowest BCUT2D eigenvalue weighted by molar-refractivity contribution is -0.126. The minimum Gasteiger partial charge on any atom is -0.444 e. The summed E-state index contributed by atoms with van der Waals surface area (Å²) in [5.41, 5.74) is 2.03. The summed E-state index contributed by atoms with van der Waals surface area (Å²) in [5, 5.41) is 9.12. The molecule has 1 aliphatic heterocycles. The number of amides is 3. The molecule has 1 saturated heterocycles. The van der Waals surface area contributed by atoms with Crippen molar-refractivity contribution < 1.29 is 32.6 Å². The molecule has 1 aliphatic rings. The first-order valence-electron chi connectivity index (χ1n) is 18.1. The molecule has 5 aromatic rings. The zero-order valence-corrected chi connectivity index (χ0v) is 31.1. The molecule has 0 radical (unpaired) electrons. The van der Waals surface area contributed by atoms with Crippen LogP contribution >= 0.6 is 0 Å². The lowest BCUT2D eigenvalue weighted by atomic mass is 9.96. The maximum atomic E-state index is 15.3. The normalized spacial score (nSPS) is 13.4. The summed E-state index contributed by atoms with van der Waals surface area (Å²) in [5.74, 6) is -2.77. The summed E-state index contributed by atoms with van der Waals surface area (Å²) in [4.78, 5) is 56.4. The topological polar surface area (TPSA) is 165 Å². The molecular formula is C39H43F2N9O5. The molecule has 0 unspecified atom stereocenters. The van der Waals surface area contributed by atoms with Crippen molar-refractivity contribution in [2.45, 2.75) is 59.0 Å². The first-order chi connectivity index (χ1) is 26.4. The SMILES string of the molecule is CCc1cc(Nc2nccn3c(-c4ccc(Oc5ncccn5)c(F)c4F)cnc23)ccc1C(=O)NCCCNC(=O)C1CCN(C(=O)OC(C)(C)C)CC1. The lowest BCUT2D eigenvalue weighted by Crippen LogP contribution is -2.45. The number of anilines is 2. The smallest absolute Gasteiger partial charge is 0.410 e. The van der Waals surface area contributed by atoms with Crippen molar-refractivity contribution in [1.29, 1.82) is 0 Å². The number of aryl methyl sites for hydroxylation is 1. The molecule has 16 heteroatoms. The van der Waals surface area contributed by atoms with E-state index in [2.05, 4.69) is 35.9 Å². The number of aromatic nitrogens is 5. The average Bonchev–Trinajstić information content (AvgIpc) is 3.61. The van der Waals surface area contributed by atoms with Crippen LogP contribution in [0.5, 0.6) is 11.8 Å². The van der Waals surface area contributed by atoms with Gasteiger partial charge in [-0.3, -0.25) is 14.0 Å². The highest BCUT2D eigenvalue weighted by atomic mass is 19.2. The predicted octanol–water partition coefficient (Wildman–Crippen LogP) is 6.45. The zero-order chi connectivity index (χ0) is 39.1. The van der Waals surface area contributed by atoms with Crippen molar-refractivity contribution in [3.05, 3.63) is 90.1 Å². The van der Waals surface area contributed by atoms with E-state index in [0.717, 1.165) is 5.56 Å². The van der Waals surface area contributed by atoms with E-state index in [1.807, 2.05) is 33.8 Å². The summed E-state index contributed by atoms with van der Waals surface area (Å²) in [7, 11) is 0. The fraction of sp³-hybridized carbons (Fsp3) is 0.359. The van der Waals surface area contributed by atoms with Crippen LogP contribution in [-0.2, 0) is 16.0 Å². The van der Waals surface area contributed by atoms with E-state index >= 15 is 8.78 Å². The number of hydrogen-bond acceptors (Lipinski definition) is 10. The van der Waals surface area contributed by atoms with Gasteiger partial charge in [0, 0.05) is 73.7 Å². The molecule has 14 nitrogen and oxygen atoms in total. The van der Waals surface area contributed by atoms with Gasteiger partial charge in [0.25, 0.3) is 5.91 Å². The van der Waals surface area contributed by atoms with Crippen LogP contribution in [0.15, 0.2) is 67.4 Å². The van der Waals surface area contributed by atoms with Gasteiger partial charge >= 0.3 is 12.1 Å².